The number of benzene rings is 1. The van der Waals surface area contributed by atoms with E-state index in [0.717, 1.165) is 22.4 Å². The highest BCUT2D eigenvalue weighted by molar-refractivity contribution is 7.11. The van der Waals surface area contributed by atoms with E-state index in [1.807, 2.05) is 36.6 Å². The number of nitrogens with zero attached hydrogens (tertiary/aromatic N) is 1. The highest BCUT2D eigenvalue weighted by Gasteiger charge is 2.18. The molecule has 1 atom stereocenters. The topological polar surface area (TPSA) is 35.1 Å². The van der Waals surface area contributed by atoms with E-state index < -0.39 is 0 Å². The van der Waals surface area contributed by atoms with Crippen molar-refractivity contribution in [3.05, 3.63) is 55.7 Å². The normalized spacial score (nSPS) is 12.9. The average Bonchev–Trinajstić information content (AvgIpc) is 3.02. The number of aromatic nitrogens is 1. The lowest BCUT2D eigenvalue weighted by atomic mass is 10.1. The molecule has 21 heavy (non-hydrogen) atoms. The van der Waals surface area contributed by atoms with Crippen LogP contribution in [0.4, 0.5) is 0 Å². The van der Waals surface area contributed by atoms with Crippen LogP contribution in [0.2, 0.25) is 5.02 Å². The van der Waals surface area contributed by atoms with Gasteiger partial charge < -0.3 is 4.42 Å². The van der Waals surface area contributed by atoms with Crippen molar-refractivity contribution in [1.29, 1.82) is 0 Å². The summed E-state index contributed by atoms with van der Waals surface area (Å²) in [5.41, 5.74) is 2.22. The van der Waals surface area contributed by atoms with Crippen LogP contribution in [0.25, 0.3) is 11.1 Å². The summed E-state index contributed by atoms with van der Waals surface area (Å²) in [5, 5.41) is 2.22. The van der Waals surface area contributed by atoms with Gasteiger partial charge in [0, 0.05) is 11.4 Å². The molecule has 0 aliphatic carbocycles. The zero-order chi connectivity index (χ0) is 15.0. The fraction of sp³-hybridized carbons (Fsp3) is 0.267. The maximum absolute atomic E-state index is 11.8. The second-order valence-corrected chi connectivity index (χ2v) is 6.53. The Hall–Kier alpha value is -1.23. The third-order valence-electron chi connectivity index (χ3n) is 3.31. The van der Waals surface area contributed by atoms with Crippen molar-refractivity contribution in [2.75, 3.05) is 0 Å². The molecule has 1 aromatic carbocycles. The molecule has 3 nitrogen and oxygen atoms in total. The second-order valence-electron chi connectivity index (χ2n) is 4.74. The van der Waals surface area contributed by atoms with Gasteiger partial charge >= 0.3 is 5.76 Å². The van der Waals surface area contributed by atoms with Crippen molar-refractivity contribution in [3.8, 4) is 0 Å². The number of aryl methyl sites for hydroxylation is 1. The first-order valence-corrected chi connectivity index (χ1v) is 8.31. The van der Waals surface area contributed by atoms with Gasteiger partial charge in [-0.25, -0.2) is 4.79 Å². The van der Waals surface area contributed by atoms with Crippen molar-refractivity contribution in [1.82, 2.24) is 4.57 Å². The third-order valence-corrected chi connectivity index (χ3v) is 5.33. The summed E-state index contributed by atoms with van der Waals surface area (Å²) < 4.78 is 6.95. The number of fused-ring (bicyclic) bond motifs is 1. The van der Waals surface area contributed by atoms with Gasteiger partial charge in [0.05, 0.1) is 15.9 Å². The van der Waals surface area contributed by atoms with Crippen LogP contribution in [0.15, 0.2) is 38.9 Å². The van der Waals surface area contributed by atoms with E-state index in [2.05, 4.69) is 0 Å². The van der Waals surface area contributed by atoms with Gasteiger partial charge in [0.15, 0.2) is 5.58 Å². The van der Waals surface area contributed by atoms with E-state index >= 15 is 0 Å². The molecule has 0 N–H and O–H groups in total. The standard InChI is InChI=1S/C15H13Cl2NO2S/c1-2-6-18-11-4-3-9(8-12(11)20-15(18)19)13(17)14-10(16)5-7-21-14/h3-5,7-8,13H,2,6H2,1H3. The predicted molar refractivity (Wildman–Crippen MR) is 87.8 cm³/mol. The molecule has 3 rings (SSSR count). The zero-order valence-electron chi connectivity index (χ0n) is 11.3. The monoisotopic (exact) mass is 341 g/mol. The van der Waals surface area contributed by atoms with E-state index in [0.29, 0.717) is 17.2 Å². The van der Waals surface area contributed by atoms with E-state index in [-0.39, 0.29) is 11.1 Å². The molecule has 3 aromatic rings. The number of thiophene rings is 1. The fourth-order valence-corrected chi connectivity index (χ4v) is 3.94. The van der Waals surface area contributed by atoms with Gasteiger partial charge in [-0.15, -0.1) is 22.9 Å². The van der Waals surface area contributed by atoms with E-state index in [1.54, 1.807) is 4.57 Å². The minimum absolute atomic E-state index is 0.329. The molecule has 0 aliphatic rings. The molecule has 0 spiro atoms. The molecule has 1 unspecified atom stereocenters. The van der Waals surface area contributed by atoms with Crippen LogP contribution >= 0.6 is 34.5 Å². The number of oxazole rings is 1. The van der Waals surface area contributed by atoms with Gasteiger partial charge in [-0.2, -0.15) is 0 Å². The molecule has 2 aromatic heterocycles. The second kappa shape index (κ2) is 5.87. The minimum atomic E-state index is -0.346. The third kappa shape index (κ3) is 2.63. The lowest BCUT2D eigenvalue weighted by molar-refractivity contribution is 0.502. The Morgan fingerprint density at radius 3 is 2.86 bits per heavy atom. The Balaban J connectivity index is 2.06. The molecule has 0 saturated carbocycles. The number of alkyl halides is 1. The molecular formula is C15H13Cl2NO2S. The van der Waals surface area contributed by atoms with Crippen LogP contribution in [0, 0.1) is 0 Å². The van der Waals surface area contributed by atoms with Crippen LogP contribution in [0.5, 0.6) is 0 Å². The predicted octanol–water partition coefficient (Wildman–Crippen LogP) is 5.05. The van der Waals surface area contributed by atoms with Gasteiger partial charge in [-0.05, 0) is 35.6 Å². The van der Waals surface area contributed by atoms with Crippen molar-refractivity contribution >= 4 is 45.6 Å². The summed E-state index contributed by atoms with van der Waals surface area (Å²) in [6.45, 7) is 2.67. The van der Waals surface area contributed by atoms with Crippen LogP contribution in [-0.2, 0) is 6.54 Å². The van der Waals surface area contributed by atoms with Gasteiger partial charge in [-0.1, -0.05) is 24.6 Å². The van der Waals surface area contributed by atoms with Gasteiger partial charge in [-0.3, -0.25) is 4.57 Å². The zero-order valence-corrected chi connectivity index (χ0v) is 13.6. The highest BCUT2D eigenvalue weighted by Crippen LogP contribution is 2.38. The largest absolute Gasteiger partial charge is 0.419 e. The number of rotatable bonds is 4. The Morgan fingerprint density at radius 1 is 1.38 bits per heavy atom. The van der Waals surface area contributed by atoms with Crippen LogP contribution in [-0.4, -0.2) is 4.57 Å². The van der Waals surface area contributed by atoms with Crippen molar-refractivity contribution in [3.63, 3.8) is 0 Å². The fourth-order valence-electron chi connectivity index (χ4n) is 2.31. The SMILES string of the molecule is CCCn1c(=O)oc2cc(C(Cl)c3sccc3Cl)ccc21. The summed E-state index contributed by atoms with van der Waals surface area (Å²) in [4.78, 5) is 12.7. The minimum Gasteiger partial charge on any atom is -0.408 e. The maximum Gasteiger partial charge on any atom is 0.419 e. The first-order chi connectivity index (χ1) is 10.1. The van der Waals surface area contributed by atoms with Gasteiger partial charge in [0.25, 0.3) is 0 Å². The Bertz CT molecular complexity index is 834. The van der Waals surface area contributed by atoms with E-state index in [4.69, 9.17) is 27.6 Å². The molecule has 0 radical (unpaired) electrons. The van der Waals surface area contributed by atoms with Crippen LogP contribution in [0.1, 0.15) is 29.2 Å². The molecular weight excluding hydrogens is 329 g/mol. The molecule has 0 fully saturated rings. The smallest absolute Gasteiger partial charge is 0.408 e. The first-order valence-electron chi connectivity index (χ1n) is 6.62. The molecule has 0 saturated heterocycles. The number of hydrogen-bond acceptors (Lipinski definition) is 3. The van der Waals surface area contributed by atoms with Gasteiger partial charge in [0.2, 0.25) is 0 Å². The average molecular weight is 342 g/mol. The summed E-state index contributed by atoms with van der Waals surface area (Å²) in [6, 6.07) is 7.43. The quantitative estimate of drug-likeness (QED) is 0.622. The Morgan fingerprint density at radius 2 is 2.19 bits per heavy atom. The highest BCUT2D eigenvalue weighted by atomic mass is 35.5. The van der Waals surface area contributed by atoms with Crippen LogP contribution in [0.3, 0.4) is 0 Å². The molecule has 0 aliphatic heterocycles. The number of halogens is 2. The lowest BCUT2D eigenvalue weighted by Crippen LogP contribution is -2.13. The summed E-state index contributed by atoms with van der Waals surface area (Å²) in [7, 11) is 0. The molecule has 0 amide bonds. The van der Waals surface area contributed by atoms with E-state index in [1.165, 1.54) is 11.3 Å². The van der Waals surface area contributed by atoms with Crippen molar-refractivity contribution < 1.29 is 4.42 Å². The molecule has 6 heteroatoms. The van der Waals surface area contributed by atoms with Crippen LogP contribution < -0.4 is 5.76 Å². The summed E-state index contributed by atoms with van der Waals surface area (Å²) in [6.07, 6.45) is 0.874. The lowest BCUT2D eigenvalue weighted by Gasteiger charge is -2.08. The van der Waals surface area contributed by atoms with Gasteiger partial charge in [0.1, 0.15) is 0 Å². The maximum atomic E-state index is 11.8. The molecule has 110 valence electrons. The van der Waals surface area contributed by atoms with Crippen molar-refractivity contribution in [2.24, 2.45) is 0 Å². The van der Waals surface area contributed by atoms with E-state index in [9.17, 15) is 4.79 Å². The number of hydrogen-bond donors (Lipinski definition) is 0. The summed E-state index contributed by atoms with van der Waals surface area (Å²) in [5.74, 6) is -0.329. The molecule has 0 bridgehead atoms. The Labute approximate surface area is 135 Å². The Kier molecular flexibility index (Phi) is 4.11. The molecule has 2 heterocycles. The first kappa shape index (κ1) is 14.7. The summed E-state index contributed by atoms with van der Waals surface area (Å²) >= 11 is 14.1. The van der Waals surface area contributed by atoms with Crippen molar-refractivity contribution in [2.45, 2.75) is 25.3 Å².